The zero-order chi connectivity index (χ0) is 15.7. The number of para-hydroxylation sites is 1. The number of aryl methyl sites for hydroxylation is 2. The Morgan fingerprint density at radius 3 is 2.50 bits per heavy atom. The molecule has 0 N–H and O–H groups in total. The van der Waals surface area contributed by atoms with E-state index in [1.165, 1.54) is 11.1 Å². The van der Waals surface area contributed by atoms with Gasteiger partial charge in [0.1, 0.15) is 0 Å². The minimum atomic E-state index is 0.0107. The Morgan fingerprint density at radius 1 is 0.955 bits per heavy atom. The molecule has 2 aromatic carbocycles. The largest absolute Gasteiger partial charge is 0.307 e. The predicted octanol–water partition coefficient (Wildman–Crippen LogP) is 3.81. The van der Waals surface area contributed by atoms with Gasteiger partial charge in [-0.05, 0) is 42.7 Å². The molecular weight excluding hydrogens is 274 g/mol. The highest BCUT2D eigenvalue weighted by Gasteiger charge is 2.26. The van der Waals surface area contributed by atoms with E-state index in [-0.39, 0.29) is 18.1 Å². The smallest absolute Gasteiger partial charge is 0.227 e. The van der Waals surface area contributed by atoms with Gasteiger partial charge in [0.2, 0.25) is 5.91 Å². The Kier molecular flexibility index (Phi) is 3.80. The number of nitrogens with zero attached hydrogens (tertiary/aromatic N) is 1. The number of carbonyl (C=O) groups is 2. The summed E-state index contributed by atoms with van der Waals surface area (Å²) >= 11 is 0. The Morgan fingerprint density at radius 2 is 1.73 bits per heavy atom. The van der Waals surface area contributed by atoms with Crippen LogP contribution in [0.2, 0.25) is 0 Å². The quantitative estimate of drug-likeness (QED) is 0.844. The van der Waals surface area contributed by atoms with Crippen LogP contribution in [0, 0.1) is 13.8 Å². The number of carbonyl (C=O) groups excluding carboxylic acids is 2. The molecule has 0 aliphatic carbocycles. The van der Waals surface area contributed by atoms with Crippen LogP contribution in [-0.4, -0.2) is 11.7 Å². The highest BCUT2D eigenvalue weighted by Crippen LogP contribution is 2.28. The van der Waals surface area contributed by atoms with Crippen molar-refractivity contribution in [3.05, 3.63) is 64.7 Å². The fourth-order valence-corrected chi connectivity index (χ4v) is 2.83. The molecule has 0 bridgehead atoms. The van der Waals surface area contributed by atoms with Crippen LogP contribution in [0.3, 0.4) is 0 Å². The van der Waals surface area contributed by atoms with Crippen molar-refractivity contribution in [1.82, 2.24) is 0 Å². The summed E-state index contributed by atoms with van der Waals surface area (Å²) in [5.74, 6) is 0.0584. The summed E-state index contributed by atoms with van der Waals surface area (Å²) < 4.78 is 0. The summed E-state index contributed by atoms with van der Waals surface area (Å²) in [6.45, 7) is 4.65. The molecule has 0 unspecified atom stereocenters. The van der Waals surface area contributed by atoms with Crippen molar-refractivity contribution in [2.24, 2.45) is 0 Å². The first kappa shape index (κ1) is 14.5. The number of anilines is 1. The second kappa shape index (κ2) is 5.76. The molecule has 1 aliphatic rings. The minimum absolute atomic E-state index is 0.0107. The zero-order valence-electron chi connectivity index (χ0n) is 12.9. The van der Waals surface area contributed by atoms with Crippen molar-refractivity contribution in [2.75, 3.05) is 4.90 Å². The van der Waals surface area contributed by atoms with Crippen LogP contribution in [-0.2, 0) is 11.3 Å². The molecule has 3 heteroatoms. The first-order chi connectivity index (χ1) is 10.6. The van der Waals surface area contributed by atoms with Crippen LogP contribution in [0.4, 0.5) is 5.69 Å². The van der Waals surface area contributed by atoms with Crippen molar-refractivity contribution in [1.29, 1.82) is 0 Å². The van der Waals surface area contributed by atoms with Gasteiger partial charge in [-0.3, -0.25) is 9.59 Å². The van der Waals surface area contributed by atoms with Gasteiger partial charge in [-0.25, -0.2) is 0 Å². The lowest BCUT2D eigenvalue weighted by Gasteiger charge is -2.23. The standard InChI is InChI=1S/C19H19NO2/c1-13-7-8-15(11-14(13)2)12-20-17-6-4-3-5-16(17)18(21)9-10-19(20)22/h3-8,11H,9-10,12H2,1-2H3. The zero-order valence-corrected chi connectivity index (χ0v) is 12.9. The first-order valence-corrected chi connectivity index (χ1v) is 7.55. The van der Waals surface area contributed by atoms with E-state index in [4.69, 9.17) is 0 Å². The fraction of sp³-hybridized carbons (Fsp3) is 0.263. The first-order valence-electron chi connectivity index (χ1n) is 7.55. The Bertz CT molecular complexity index is 749. The van der Waals surface area contributed by atoms with Gasteiger partial charge >= 0.3 is 0 Å². The third-order valence-corrected chi connectivity index (χ3v) is 4.27. The van der Waals surface area contributed by atoms with Crippen LogP contribution >= 0.6 is 0 Å². The average molecular weight is 293 g/mol. The molecule has 3 rings (SSSR count). The molecule has 0 fully saturated rings. The number of fused-ring (bicyclic) bond motifs is 1. The summed E-state index contributed by atoms with van der Waals surface area (Å²) in [6, 6.07) is 13.6. The molecule has 0 aromatic heterocycles. The second-order valence-corrected chi connectivity index (χ2v) is 5.84. The number of hydrogen-bond donors (Lipinski definition) is 0. The van der Waals surface area contributed by atoms with Gasteiger partial charge in [-0.1, -0.05) is 30.3 Å². The van der Waals surface area contributed by atoms with E-state index >= 15 is 0 Å². The van der Waals surface area contributed by atoms with Gasteiger partial charge < -0.3 is 4.90 Å². The molecule has 1 heterocycles. The minimum Gasteiger partial charge on any atom is -0.307 e. The molecule has 112 valence electrons. The van der Waals surface area contributed by atoms with Gasteiger partial charge in [0.15, 0.2) is 5.78 Å². The van der Waals surface area contributed by atoms with E-state index in [1.807, 2.05) is 30.3 Å². The highest BCUT2D eigenvalue weighted by molar-refractivity contribution is 6.09. The van der Waals surface area contributed by atoms with E-state index in [0.29, 0.717) is 18.5 Å². The van der Waals surface area contributed by atoms with Gasteiger partial charge in [0, 0.05) is 18.4 Å². The molecule has 0 radical (unpaired) electrons. The van der Waals surface area contributed by atoms with Gasteiger partial charge in [-0.15, -0.1) is 0 Å². The molecule has 1 amide bonds. The van der Waals surface area contributed by atoms with Crippen molar-refractivity contribution in [2.45, 2.75) is 33.2 Å². The third kappa shape index (κ3) is 2.67. The second-order valence-electron chi connectivity index (χ2n) is 5.84. The number of rotatable bonds is 2. The third-order valence-electron chi connectivity index (χ3n) is 4.27. The summed E-state index contributed by atoms with van der Waals surface area (Å²) in [4.78, 5) is 26.4. The van der Waals surface area contributed by atoms with Crippen molar-refractivity contribution in [3.63, 3.8) is 0 Å². The van der Waals surface area contributed by atoms with Gasteiger partial charge in [0.05, 0.1) is 12.2 Å². The Balaban J connectivity index is 2.00. The van der Waals surface area contributed by atoms with E-state index in [0.717, 1.165) is 11.3 Å². The molecule has 0 spiro atoms. The van der Waals surface area contributed by atoms with E-state index in [2.05, 4.69) is 26.0 Å². The summed E-state index contributed by atoms with van der Waals surface area (Å²) in [6.07, 6.45) is 0.567. The van der Waals surface area contributed by atoms with Gasteiger partial charge in [-0.2, -0.15) is 0 Å². The Hall–Kier alpha value is -2.42. The lowest BCUT2D eigenvalue weighted by molar-refractivity contribution is -0.118. The monoisotopic (exact) mass is 293 g/mol. The van der Waals surface area contributed by atoms with Crippen molar-refractivity contribution in [3.8, 4) is 0 Å². The maximum atomic E-state index is 12.5. The van der Waals surface area contributed by atoms with E-state index in [1.54, 1.807) is 4.90 Å². The van der Waals surface area contributed by atoms with Crippen LogP contribution in [0.1, 0.15) is 39.9 Å². The fourth-order valence-electron chi connectivity index (χ4n) is 2.83. The lowest BCUT2D eigenvalue weighted by atomic mass is 10.0. The lowest BCUT2D eigenvalue weighted by Crippen LogP contribution is -2.29. The van der Waals surface area contributed by atoms with Gasteiger partial charge in [0.25, 0.3) is 0 Å². The number of hydrogen-bond acceptors (Lipinski definition) is 2. The molecule has 0 atom stereocenters. The maximum Gasteiger partial charge on any atom is 0.227 e. The summed E-state index contributed by atoms with van der Waals surface area (Å²) in [5.41, 5.74) is 4.91. The maximum absolute atomic E-state index is 12.5. The molecule has 0 saturated carbocycles. The summed E-state index contributed by atoms with van der Waals surface area (Å²) in [5, 5.41) is 0. The van der Waals surface area contributed by atoms with Crippen LogP contribution in [0.5, 0.6) is 0 Å². The van der Waals surface area contributed by atoms with Crippen molar-refractivity contribution >= 4 is 17.4 Å². The van der Waals surface area contributed by atoms with Crippen LogP contribution in [0.15, 0.2) is 42.5 Å². The molecule has 3 nitrogen and oxygen atoms in total. The number of amides is 1. The summed E-state index contributed by atoms with van der Waals surface area (Å²) in [7, 11) is 0. The molecular formula is C19H19NO2. The van der Waals surface area contributed by atoms with Crippen molar-refractivity contribution < 1.29 is 9.59 Å². The Labute approximate surface area is 130 Å². The molecule has 22 heavy (non-hydrogen) atoms. The topological polar surface area (TPSA) is 37.4 Å². The number of benzene rings is 2. The number of Topliss-reactive ketones (excluding diaryl/α,β-unsaturated/α-hetero) is 1. The molecule has 2 aromatic rings. The normalized spacial score (nSPS) is 14.7. The highest BCUT2D eigenvalue weighted by atomic mass is 16.2. The average Bonchev–Trinajstić information content (AvgIpc) is 2.63. The van der Waals surface area contributed by atoms with E-state index < -0.39 is 0 Å². The van der Waals surface area contributed by atoms with Crippen LogP contribution in [0.25, 0.3) is 0 Å². The van der Waals surface area contributed by atoms with Crippen LogP contribution < -0.4 is 4.90 Å². The molecule has 1 aliphatic heterocycles. The van der Waals surface area contributed by atoms with E-state index in [9.17, 15) is 9.59 Å². The SMILES string of the molecule is Cc1ccc(CN2C(=O)CCC(=O)c3ccccc32)cc1C. The predicted molar refractivity (Wildman–Crippen MR) is 87.1 cm³/mol. The number of ketones is 1. The molecule has 0 saturated heterocycles.